The Morgan fingerprint density at radius 2 is 1.93 bits per heavy atom. The number of aromatic carboxylic acids is 1. The average Bonchev–Trinajstić information content (AvgIpc) is 3.43. The van der Waals surface area contributed by atoms with Crippen molar-refractivity contribution in [1.29, 1.82) is 0 Å². The number of carbonyl (C=O) groups is 1. The topological polar surface area (TPSA) is 89.7 Å². The third-order valence-electron chi connectivity index (χ3n) is 7.27. The zero-order valence-corrected chi connectivity index (χ0v) is 23.3. The van der Waals surface area contributed by atoms with Crippen LogP contribution in [0.15, 0.2) is 24.3 Å². The lowest BCUT2D eigenvalue weighted by atomic mass is 10.0. The first-order chi connectivity index (χ1) is 20.0. The molecule has 0 unspecified atom stereocenters. The standard InChI is InChI=1S/C27H22ClF5N4O4S/c28-14-6-18(29)16(19(30)7-14)12-41-24-17(27(31,32)33)5-13-1-3-36(10-20(13)34-24)11-23-35-25-21(8-22(42-25)26(38)39)37(23)9-15-2-4-40-15/h5-8,15H,1-4,9-12H2,(H,38,39)/t15-/m0/s1. The maximum atomic E-state index is 14.2. The third-order valence-corrected chi connectivity index (χ3v) is 8.50. The number of aromatic nitrogens is 3. The summed E-state index contributed by atoms with van der Waals surface area (Å²) in [4.78, 5) is 23.0. The molecule has 0 aliphatic carbocycles. The maximum Gasteiger partial charge on any atom is 0.421 e. The van der Waals surface area contributed by atoms with Gasteiger partial charge in [0.15, 0.2) is 0 Å². The minimum atomic E-state index is -4.81. The van der Waals surface area contributed by atoms with Crippen molar-refractivity contribution in [1.82, 2.24) is 19.4 Å². The molecule has 0 amide bonds. The van der Waals surface area contributed by atoms with Crippen molar-refractivity contribution in [3.05, 3.63) is 74.0 Å². The second-order valence-electron chi connectivity index (χ2n) is 10.1. The van der Waals surface area contributed by atoms with E-state index in [9.17, 15) is 31.9 Å². The van der Waals surface area contributed by atoms with E-state index < -0.39 is 47.4 Å². The fourth-order valence-corrected chi connectivity index (χ4v) is 6.10. The van der Waals surface area contributed by atoms with Gasteiger partial charge in [0.05, 0.1) is 36.0 Å². The molecule has 2 aliphatic heterocycles. The number of benzene rings is 1. The first kappa shape index (κ1) is 28.8. The Labute approximate surface area is 244 Å². The lowest BCUT2D eigenvalue weighted by Crippen LogP contribution is -2.34. The summed E-state index contributed by atoms with van der Waals surface area (Å²) in [6.07, 6.45) is -3.69. The molecule has 222 valence electrons. The molecule has 1 aromatic carbocycles. The minimum absolute atomic E-state index is 0.0195. The van der Waals surface area contributed by atoms with Crippen LogP contribution in [0.25, 0.3) is 10.3 Å². The van der Waals surface area contributed by atoms with E-state index in [1.165, 1.54) is 0 Å². The van der Waals surface area contributed by atoms with Crippen LogP contribution < -0.4 is 4.74 Å². The molecule has 4 aromatic rings. The summed E-state index contributed by atoms with van der Waals surface area (Å²) >= 11 is 6.70. The number of pyridine rings is 1. The van der Waals surface area contributed by atoms with Gasteiger partial charge in [-0.3, -0.25) is 4.90 Å². The third kappa shape index (κ3) is 5.68. The van der Waals surface area contributed by atoms with Crippen molar-refractivity contribution >= 4 is 39.3 Å². The highest BCUT2D eigenvalue weighted by Crippen LogP contribution is 2.38. The predicted octanol–water partition coefficient (Wildman–Crippen LogP) is 6.07. The largest absolute Gasteiger partial charge is 0.477 e. The van der Waals surface area contributed by atoms with Gasteiger partial charge in [-0.2, -0.15) is 13.2 Å². The number of halogens is 6. The molecule has 42 heavy (non-hydrogen) atoms. The number of hydrogen-bond donors (Lipinski definition) is 1. The molecule has 5 heterocycles. The molecule has 1 N–H and O–H groups in total. The number of nitrogens with zero attached hydrogens (tertiary/aromatic N) is 4. The predicted molar refractivity (Wildman–Crippen MR) is 142 cm³/mol. The first-order valence-electron chi connectivity index (χ1n) is 12.9. The molecule has 0 bridgehead atoms. The van der Waals surface area contributed by atoms with Crippen LogP contribution in [0.1, 0.15) is 44.3 Å². The molecule has 1 saturated heterocycles. The number of alkyl halides is 3. The van der Waals surface area contributed by atoms with Gasteiger partial charge < -0.3 is 19.1 Å². The SMILES string of the molecule is O=C(O)c1cc2c(nc(CN3CCc4cc(C(F)(F)F)c(OCc5c(F)cc(Cl)cc5F)nc4C3)n2C[C@@H]2CCO2)s1. The summed E-state index contributed by atoms with van der Waals surface area (Å²) in [5, 5.41) is 9.21. The van der Waals surface area contributed by atoms with E-state index in [1.54, 1.807) is 6.07 Å². The minimum Gasteiger partial charge on any atom is -0.477 e. The summed E-state index contributed by atoms with van der Waals surface area (Å²) in [7, 11) is 0. The van der Waals surface area contributed by atoms with Crippen molar-refractivity contribution in [3.63, 3.8) is 0 Å². The van der Waals surface area contributed by atoms with Gasteiger partial charge >= 0.3 is 12.1 Å². The molecule has 0 saturated carbocycles. The van der Waals surface area contributed by atoms with Gasteiger partial charge in [0.25, 0.3) is 0 Å². The van der Waals surface area contributed by atoms with Crippen LogP contribution in [0, 0.1) is 11.6 Å². The monoisotopic (exact) mass is 628 g/mol. The van der Waals surface area contributed by atoms with Crippen molar-refractivity contribution in [2.24, 2.45) is 0 Å². The molecule has 6 rings (SSSR count). The number of thiophene rings is 1. The Morgan fingerprint density at radius 1 is 1.19 bits per heavy atom. The molecule has 8 nitrogen and oxygen atoms in total. The van der Waals surface area contributed by atoms with E-state index in [0.29, 0.717) is 53.7 Å². The zero-order valence-electron chi connectivity index (χ0n) is 21.7. The van der Waals surface area contributed by atoms with Gasteiger partial charge in [0.1, 0.15) is 39.3 Å². The van der Waals surface area contributed by atoms with Crippen molar-refractivity contribution in [2.45, 2.75) is 51.4 Å². The number of carboxylic acid groups (broad SMARTS) is 1. The fourth-order valence-electron chi connectivity index (χ4n) is 5.02. The Hall–Kier alpha value is -3.33. The van der Waals surface area contributed by atoms with Crippen LogP contribution in [0.2, 0.25) is 5.02 Å². The van der Waals surface area contributed by atoms with Gasteiger partial charge in [-0.15, -0.1) is 11.3 Å². The number of imidazole rings is 1. The molecule has 15 heteroatoms. The Balaban J connectivity index is 1.26. The van der Waals surface area contributed by atoms with E-state index in [-0.39, 0.29) is 29.0 Å². The van der Waals surface area contributed by atoms with Gasteiger partial charge in [-0.25, -0.2) is 23.5 Å². The molecule has 1 atom stereocenters. The summed E-state index contributed by atoms with van der Waals surface area (Å²) in [6.45, 7) is 1.26. The molecule has 0 spiro atoms. The van der Waals surface area contributed by atoms with Crippen molar-refractivity contribution in [3.8, 4) is 5.88 Å². The summed E-state index contributed by atoms with van der Waals surface area (Å²) < 4.78 is 82.9. The van der Waals surface area contributed by atoms with Crippen molar-refractivity contribution in [2.75, 3.05) is 13.2 Å². The fraction of sp³-hybridized carbons (Fsp3) is 0.370. The molecule has 3 aromatic heterocycles. The van der Waals surface area contributed by atoms with Gasteiger partial charge in [-0.1, -0.05) is 11.6 Å². The molecular formula is C27H22ClF5N4O4S. The lowest BCUT2D eigenvalue weighted by Gasteiger charge is -2.30. The van der Waals surface area contributed by atoms with Crippen molar-refractivity contribution < 1.29 is 41.3 Å². The van der Waals surface area contributed by atoms with Crippen LogP contribution in [-0.4, -0.2) is 49.8 Å². The Morgan fingerprint density at radius 3 is 2.57 bits per heavy atom. The summed E-state index contributed by atoms with van der Waals surface area (Å²) in [5.41, 5.74) is -0.271. The highest BCUT2D eigenvalue weighted by atomic mass is 35.5. The number of fused-ring (bicyclic) bond motifs is 2. The second kappa shape index (κ2) is 11.1. The molecule has 1 fully saturated rings. The Bertz CT molecular complexity index is 1660. The van der Waals surface area contributed by atoms with Gasteiger partial charge in [-0.05, 0) is 42.7 Å². The quantitative estimate of drug-likeness (QED) is 0.237. The maximum absolute atomic E-state index is 14.2. The highest BCUT2D eigenvalue weighted by Gasteiger charge is 2.37. The van der Waals surface area contributed by atoms with E-state index in [0.717, 1.165) is 36.0 Å². The summed E-state index contributed by atoms with van der Waals surface area (Å²) in [5.74, 6) is -3.24. The van der Waals surface area contributed by atoms with E-state index in [1.807, 2.05) is 9.47 Å². The van der Waals surface area contributed by atoms with Gasteiger partial charge in [0, 0.05) is 24.7 Å². The lowest BCUT2D eigenvalue weighted by molar-refractivity contribution is -0.139. The van der Waals surface area contributed by atoms with E-state index in [2.05, 4.69) is 9.97 Å². The molecular weight excluding hydrogens is 607 g/mol. The van der Waals surface area contributed by atoms with Crippen LogP contribution in [0.5, 0.6) is 5.88 Å². The van der Waals surface area contributed by atoms with E-state index in [4.69, 9.17) is 21.1 Å². The Kier molecular flexibility index (Phi) is 7.58. The number of ether oxygens (including phenoxy) is 2. The zero-order chi connectivity index (χ0) is 29.8. The number of rotatable bonds is 8. The van der Waals surface area contributed by atoms with Crippen LogP contribution >= 0.6 is 22.9 Å². The first-order valence-corrected chi connectivity index (χ1v) is 14.1. The number of carboxylic acids is 1. The average molecular weight is 629 g/mol. The van der Waals surface area contributed by atoms with Gasteiger partial charge in [0.2, 0.25) is 5.88 Å². The highest BCUT2D eigenvalue weighted by molar-refractivity contribution is 7.20. The number of hydrogen-bond acceptors (Lipinski definition) is 7. The van der Waals surface area contributed by atoms with E-state index >= 15 is 0 Å². The van der Waals surface area contributed by atoms with Crippen LogP contribution in [-0.2, 0) is 43.6 Å². The summed E-state index contributed by atoms with van der Waals surface area (Å²) in [6, 6.07) is 4.25. The normalized spacial score (nSPS) is 17.3. The second-order valence-corrected chi connectivity index (χ2v) is 11.5. The molecule has 0 radical (unpaired) electrons. The van der Waals surface area contributed by atoms with Crippen LogP contribution in [0.3, 0.4) is 0 Å². The molecule has 2 aliphatic rings. The van der Waals surface area contributed by atoms with Crippen LogP contribution in [0.4, 0.5) is 22.0 Å². The smallest absolute Gasteiger partial charge is 0.421 e.